The number of carbonyl (C=O) groups excluding carboxylic acids is 1. The van der Waals surface area contributed by atoms with Crippen molar-refractivity contribution >= 4 is 22.8 Å². The first-order chi connectivity index (χ1) is 8.59. The van der Waals surface area contributed by atoms with E-state index in [2.05, 4.69) is 0 Å². The summed E-state index contributed by atoms with van der Waals surface area (Å²) in [6.45, 7) is 1.77. The summed E-state index contributed by atoms with van der Waals surface area (Å²) in [6, 6.07) is 9.24. The number of hydrogen-bond donors (Lipinski definition) is 1. The average Bonchev–Trinajstić information content (AvgIpc) is 2.34. The van der Waals surface area contributed by atoms with Crippen LogP contribution in [0.15, 0.2) is 30.3 Å². The van der Waals surface area contributed by atoms with Crippen LogP contribution < -0.4 is 4.74 Å². The molecule has 0 saturated carbocycles. The molecule has 1 aromatic rings. The number of carboxylic acid groups (broad SMARTS) is 1. The van der Waals surface area contributed by atoms with Crippen molar-refractivity contribution in [3.63, 3.8) is 0 Å². The van der Waals surface area contributed by atoms with Gasteiger partial charge in [0.05, 0.1) is 12.5 Å². The van der Waals surface area contributed by atoms with E-state index in [4.69, 9.17) is 9.84 Å². The summed E-state index contributed by atoms with van der Waals surface area (Å²) >= 11 is 1.04. The number of hydrogen-bond acceptors (Lipinski definition) is 4. The molecule has 0 aliphatic rings. The van der Waals surface area contributed by atoms with Crippen molar-refractivity contribution in [2.75, 3.05) is 12.4 Å². The van der Waals surface area contributed by atoms with Crippen molar-refractivity contribution < 1.29 is 19.4 Å². The second kappa shape index (κ2) is 7.76. The van der Waals surface area contributed by atoms with Gasteiger partial charge in [0.2, 0.25) is 0 Å². The molecule has 1 rings (SSSR count). The molecule has 18 heavy (non-hydrogen) atoms. The van der Waals surface area contributed by atoms with Gasteiger partial charge in [-0.2, -0.15) is 0 Å². The molecular weight excluding hydrogens is 252 g/mol. The highest BCUT2D eigenvalue weighted by atomic mass is 32.2. The largest absolute Gasteiger partial charge is 0.494 e. The maximum absolute atomic E-state index is 11.0. The van der Waals surface area contributed by atoms with Crippen molar-refractivity contribution in [3.8, 4) is 5.75 Å². The number of benzene rings is 1. The van der Waals surface area contributed by atoms with E-state index in [0.717, 1.165) is 17.5 Å². The Hall–Kier alpha value is -1.49. The highest BCUT2D eigenvalue weighted by molar-refractivity contribution is 8.13. The fourth-order valence-electron chi connectivity index (χ4n) is 1.33. The van der Waals surface area contributed by atoms with Crippen molar-refractivity contribution in [2.45, 2.75) is 13.3 Å². The molecule has 0 heterocycles. The Morgan fingerprint density at radius 1 is 1.33 bits per heavy atom. The fourth-order valence-corrected chi connectivity index (χ4v) is 2.08. The summed E-state index contributed by atoms with van der Waals surface area (Å²) in [7, 11) is 0. The number of para-hydroxylation sites is 1. The Bertz CT molecular complexity index is 391. The van der Waals surface area contributed by atoms with E-state index in [1.54, 1.807) is 0 Å². The lowest BCUT2D eigenvalue weighted by Gasteiger charge is -2.11. The molecule has 0 fully saturated rings. The van der Waals surface area contributed by atoms with Crippen LogP contribution in [-0.4, -0.2) is 28.6 Å². The standard InChI is InChI=1S/C13H16O4S/c1-10(14)18-9-11(13(15)16)7-8-17-12-5-3-2-4-6-12/h2-6,11H,7-9H2,1H3,(H,15,16). The van der Waals surface area contributed by atoms with Gasteiger partial charge in [-0.3, -0.25) is 9.59 Å². The minimum absolute atomic E-state index is 0.0646. The van der Waals surface area contributed by atoms with Crippen LogP contribution in [0.1, 0.15) is 13.3 Å². The Balaban J connectivity index is 2.34. The lowest BCUT2D eigenvalue weighted by atomic mass is 10.1. The number of ether oxygens (including phenoxy) is 1. The smallest absolute Gasteiger partial charge is 0.307 e. The molecule has 4 nitrogen and oxygen atoms in total. The Morgan fingerprint density at radius 3 is 2.56 bits per heavy atom. The second-order valence-electron chi connectivity index (χ2n) is 3.79. The second-order valence-corrected chi connectivity index (χ2v) is 4.98. The quantitative estimate of drug-likeness (QED) is 0.823. The highest BCUT2D eigenvalue weighted by Crippen LogP contribution is 2.15. The van der Waals surface area contributed by atoms with Crippen LogP contribution in [0.4, 0.5) is 0 Å². The van der Waals surface area contributed by atoms with Crippen molar-refractivity contribution in [3.05, 3.63) is 30.3 Å². The van der Waals surface area contributed by atoms with Crippen LogP contribution in [0.2, 0.25) is 0 Å². The van der Waals surface area contributed by atoms with E-state index in [9.17, 15) is 9.59 Å². The van der Waals surface area contributed by atoms with Gasteiger partial charge in [-0.1, -0.05) is 30.0 Å². The molecule has 0 aliphatic carbocycles. The van der Waals surface area contributed by atoms with Crippen LogP contribution in [-0.2, 0) is 9.59 Å². The Kier molecular flexibility index (Phi) is 6.28. The number of thioether (sulfide) groups is 1. The maximum Gasteiger partial charge on any atom is 0.307 e. The summed E-state index contributed by atoms with van der Waals surface area (Å²) in [5.74, 6) is -0.424. The van der Waals surface area contributed by atoms with Gasteiger partial charge in [-0.15, -0.1) is 0 Å². The molecule has 0 spiro atoms. The summed E-state index contributed by atoms with van der Waals surface area (Å²) in [6.07, 6.45) is 0.393. The number of aliphatic carboxylic acids is 1. The minimum atomic E-state index is -0.889. The monoisotopic (exact) mass is 268 g/mol. The molecule has 98 valence electrons. The van der Waals surface area contributed by atoms with E-state index < -0.39 is 11.9 Å². The number of rotatable bonds is 7. The van der Waals surface area contributed by atoms with Gasteiger partial charge in [-0.25, -0.2) is 0 Å². The third-order valence-corrected chi connectivity index (χ3v) is 3.29. The van der Waals surface area contributed by atoms with Gasteiger partial charge < -0.3 is 9.84 Å². The average molecular weight is 268 g/mol. The molecule has 0 bridgehead atoms. The van der Waals surface area contributed by atoms with Crippen LogP contribution in [0.3, 0.4) is 0 Å². The van der Waals surface area contributed by atoms with Crippen molar-refractivity contribution in [2.24, 2.45) is 5.92 Å². The van der Waals surface area contributed by atoms with E-state index in [0.29, 0.717) is 18.8 Å². The zero-order valence-corrected chi connectivity index (χ0v) is 11.0. The summed E-state index contributed by atoms with van der Waals surface area (Å²) in [5, 5.41) is 8.94. The molecule has 0 radical (unpaired) electrons. The van der Waals surface area contributed by atoms with Crippen LogP contribution >= 0.6 is 11.8 Å². The Labute approximate surface area is 110 Å². The summed E-state index contributed by atoms with van der Waals surface area (Å²) in [5.41, 5.74) is 0. The third kappa shape index (κ3) is 5.72. The SMILES string of the molecule is CC(=O)SCC(CCOc1ccccc1)C(=O)O. The first-order valence-electron chi connectivity index (χ1n) is 5.63. The lowest BCUT2D eigenvalue weighted by molar-refractivity contribution is -0.141. The molecule has 0 aromatic heterocycles. The molecule has 5 heteroatoms. The van der Waals surface area contributed by atoms with Crippen molar-refractivity contribution in [1.29, 1.82) is 0 Å². The van der Waals surface area contributed by atoms with E-state index >= 15 is 0 Å². The topological polar surface area (TPSA) is 63.6 Å². The van der Waals surface area contributed by atoms with Crippen molar-refractivity contribution in [1.82, 2.24) is 0 Å². The fraction of sp³-hybridized carbons (Fsp3) is 0.385. The zero-order valence-electron chi connectivity index (χ0n) is 10.2. The van der Waals surface area contributed by atoms with Gasteiger partial charge in [0, 0.05) is 12.7 Å². The molecule has 1 N–H and O–H groups in total. The van der Waals surface area contributed by atoms with Gasteiger partial charge in [-0.05, 0) is 18.6 Å². The van der Waals surface area contributed by atoms with Gasteiger partial charge >= 0.3 is 5.97 Å². The van der Waals surface area contributed by atoms with Crippen LogP contribution in [0.25, 0.3) is 0 Å². The lowest BCUT2D eigenvalue weighted by Crippen LogP contribution is -2.19. The molecular formula is C13H16O4S. The van der Waals surface area contributed by atoms with Crippen LogP contribution in [0.5, 0.6) is 5.75 Å². The molecule has 0 saturated heterocycles. The van der Waals surface area contributed by atoms with Gasteiger partial charge in [0.15, 0.2) is 5.12 Å². The summed E-state index contributed by atoms with van der Waals surface area (Å²) < 4.78 is 5.44. The Morgan fingerprint density at radius 2 is 2.00 bits per heavy atom. The maximum atomic E-state index is 11.0. The zero-order chi connectivity index (χ0) is 13.4. The molecule has 0 amide bonds. The highest BCUT2D eigenvalue weighted by Gasteiger charge is 2.18. The van der Waals surface area contributed by atoms with E-state index in [1.165, 1.54) is 6.92 Å². The predicted octanol–water partition coefficient (Wildman–Crippen LogP) is 2.44. The number of carbonyl (C=O) groups is 2. The van der Waals surface area contributed by atoms with Gasteiger partial charge in [0.1, 0.15) is 5.75 Å². The first-order valence-corrected chi connectivity index (χ1v) is 6.62. The van der Waals surface area contributed by atoms with E-state index in [1.807, 2.05) is 30.3 Å². The first kappa shape index (κ1) is 14.6. The minimum Gasteiger partial charge on any atom is -0.494 e. The normalized spacial score (nSPS) is 11.8. The number of carboxylic acids is 1. The van der Waals surface area contributed by atoms with Gasteiger partial charge in [0.25, 0.3) is 0 Å². The van der Waals surface area contributed by atoms with Crippen LogP contribution in [0, 0.1) is 5.92 Å². The third-order valence-electron chi connectivity index (χ3n) is 2.32. The predicted molar refractivity (Wildman–Crippen MR) is 70.8 cm³/mol. The molecule has 1 unspecified atom stereocenters. The molecule has 1 aromatic carbocycles. The summed E-state index contributed by atoms with van der Waals surface area (Å²) in [4.78, 5) is 21.8. The molecule has 1 atom stereocenters. The van der Waals surface area contributed by atoms with E-state index in [-0.39, 0.29) is 5.12 Å². The molecule has 0 aliphatic heterocycles.